The van der Waals surface area contributed by atoms with Gasteiger partial charge in [-0.2, -0.15) is 8.78 Å². The van der Waals surface area contributed by atoms with Crippen molar-refractivity contribution >= 4 is 46.7 Å². The van der Waals surface area contributed by atoms with E-state index in [1.165, 1.54) is 25.1 Å². The number of carboxylic acids is 1. The highest BCUT2D eigenvalue weighted by molar-refractivity contribution is 6.35. The van der Waals surface area contributed by atoms with Crippen LogP contribution >= 0.6 is 23.2 Å². The molecule has 3 N–H and O–H groups in total. The van der Waals surface area contributed by atoms with Gasteiger partial charge in [0.05, 0.1) is 6.42 Å². The van der Waals surface area contributed by atoms with Gasteiger partial charge < -0.3 is 15.7 Å². The van der Waals surface area contributed by atoms with Crippen molar-refractivity contribution in [3.05, 3.63) is 28.2 Å². The third-order valence-corrected chi connectivity index (χ3v) is 2.99. The monoisotopic (exact) mass is 368 g/mol. The molecule has 0 aromatic heterocycles. The molecule has 0 fully saturated rings. The predicted octanol–water partition coefficient (Wildman–Crippen LogP) is 2.55. The van der Waals surface area contributed by atoms with Crippen molar-refractivity contribution < 1.29 is 28.3 Å². The van der Waals surface area contributed by atoms with E-state index in [2.05, 4.69) is 0 Å². The first-order chi connectivity index (χ1) is 10.5. The van der Waals surface area contributed by atoms with Crippen LogP contribution in [0.25, 0.3) is 0 Å². The third kappa shape index (κ3) is 5.65. The van der Waals surface area contributed by atoms with Gasteiger partial charge in [-0.1, -0.05) is 23.2 Å². The average molecular weight is 369 g/mol. The van der Waals surface area contributed by atoms with Crippen molar-refractivity contribution in [3.8, 4) is 0 Å². The molecule has 1 unspecified atom stereocenters. The molecule has 0 bridgehead atoms. The van der Waals surface area contributed by atoms with Crippen LogP contribution in [0.15, 0.2) is 18.2 Å². The van der Waals surface area contributed by atoms with Crippen LogP contribution < -0.4 is 10.6 Å². The van der Waals surface area contributed by atoms with Crippen molar-refractivity contribution in [2.24, 2.45) is 0 Å². The molecule has 0 heterocycles. The number of hydrogen-bond donors (Lipinski definition) is 3. The summed E-state index contributed by atoms with van der Waals surface area (Å²) >= 11 is 11.3. The lowest BCUT2D eigenvalue weighted by atomic mass is 10.2. The molecule has 1 atom stereocenters. The molecule has 0 radical (unpaired) electrons. The van der Waals surface area contributed by atoms with Crippen LogP contribution in [0.5, 0.6) is 0 Å². The summed E-state index contributed by atoms with van der Waals surface area (Å²) in [7, 11) is 0. The molecule has 23 heavy (non-hydrogen) atoms. The summed E-state index contributed by atoms with van der Waals surface area (Å²) in [6.45, 7) is 1.22. The van der Waals surface area contributed by atoms with Crippen molar-refractivity contribution in [1.82, 2.24) is 5.32 Å². The molecular formula is C13H12Cl2F2N2O4. The lowest BCUT2D eigenvalue weighted by Gasteiger charge is -2.18. The van der Waals surface area contributed by atoms with Crippen molar-refractivity contribution in [2.75, 3.05) is 5.32 Å². The Kier molecular flexibility index (Phi) is 6.28. The fourth-order valence-electron chi connectivity index (χ4n) is 1.57. The van der Waals surface area contributed by atoms with E-state index in [1.54, 1.807) is 5.32 Å². The zero-order chi connectivity index (χ0) is 17.8. The SMILES string of the molecule is CC(CC(=O)O)NC(=O)C(F)(F)C(=O)Nc1cc(Cl)cc(Cl)c1. The second kappa shape index (κ2) is 7.56. The first-order valence-corrected chi connectivity index (χ1v) is 6.96. The summed E-state index contributed by atoms with van der Waals surface area (Å²) in [5.74, 6) is -9.48. The van der Waals surface area contributed by atoms with Gasteiger partial charge in [0.15, 0.2) is 0 Å². The number of carbonyl (C=O) groups excluding carboxylic acids is 2. The Morgan fingerprint density at radius 3 is 2.17 bits per heavy atom. The number of aliphatic carboxylic acids is 1. The number of hydrogen-bond acceptors (Lipinski definition) is 3. The highest BCUT2D eigenvalue weighted by Gasteiger charge is 2.47. The van der Waals surface area contributed by atoms with Gasteiger partial charge >= 0.3 is 23.7 Å². The van der Waals surface area contributed by atoms with E-state index < -0.39 is 36.2 Å². The molecule has 10 heteroatoms. The number of anilines is 1. The normalized spacial score (nSPS) is 12.4. The van der Waals surface area contributed by atoms with Crippen LogP contribution in [0.1, 0.15) is 13.3 Å². The maximum absolute atomic E-state index is 13.8. The molecule has 1 aromatic carbocycles. The number of rotatable bonds is 6. The predicted molar refractivity (Wildman–Crippen MR) is 79.9 cm³/mol. The van der Waals surface area contributed by atoms with Crippen LogP contribution in [0.4, 0.5) is 14.5 Å². The third-order valence-electron chi connectivity index (χ3n) is 2.55. The fraction of sp³-hybridized carbons (Fsp3) is 0.308. The Hall–Kier alpha value is -1.93. The van der Waals surface area contributed by atoms with Gasteiger partial charge in [-0.3, -0.25) is 14.4 Å². The molecule has 1 aromatic rings. The highest BCUT2D eigenvalue weighted by atomic mass is 35.5. The van der Waals surface area contributed by atoms with Crippen molar-refractivity contribution in [1.29, 1.82) is 0 Å². The summed E-state index contributed by atoms with van der Waals surface area (Å²) < 4.78 is 27.5. The lowest BCUT2D eigenvalue weighted by Crippen LogP contribution is -2.51. The number of carboxylic acid groups (broad SMARTS) is 1. The van der Waals surface area contributed by atoms with Crippen LogP contribution in [0.3, 0.4) is 0 Å². The van der Waals surface area contributed by atoms with Gasteiger partial charge in [0.25, 0.3) is 0 Å². The van der Waals surface area contributed by atoms with Crippen LogP contribution in [0, 0.1) is 0 Å². The Labute approximate surface area is 139 Å². The number of nitrogens with one attached hydrogen (secondary N) is 2. The molecule has 0 aliphatic heterocycles. The van der Waals surface area contributed by atoms with Gasteiger partial charge in [-0.05, 0) is 25.1 Å². The first kappa shape index (κ1) is 19.1. The molecule has 126 valence electrons. The minimum Gasteiger partial charge on any atom is -0.481 e. The quantitative estimate of drug-likeness (QED) is 0.672. The van der Waals surface area contributed by atoms with Gasteiger partial charge in [0, 0.05) is 21.8 Å². The van der Waals surface area contributed by atoms with E-state index in [1.807, 2.05) is 5.32 Å². The largest absolute Gasteiger partial charge is 0.481 e. The Morgan fingerprint density at radius 2 is 1.70 bits per heavy atom. The van der Waals surface area contributed by atoms with E-state index in [9.17, 15) is 23.2 Å². The maximum Gasteiger partial charge on any atom is 0.400 e. The molecule has 0 aliphatic carbocycles. The average Bonchev–Trinajstić information content (AvgIpc) is 2.35. The van der Waals surface area contributed by atoms with Crippen LogP contribution in [0.2, 0.25) is 10.0 Å². The minimum atomic E-state index is -4.40. The molecule has 1 rings (SSSR count). The second-order valence-corrected chi connectivity index (χ2v) is 5.53. The number of carbonyl (C=O) groups is 3. The zero-order valence-corrected chi connectivity index (χ0v) is 13.2. The summed E-state index contributed by atoms with van der Waals surface area (Å²) in [4.78, 5) is 33.5. The molecule has 0 spiro atoms. The smallest absolute Gasteiger partial charge is 0.400 e. The molecule has 6 nitrogen and oxygen atoms in total. The van der Waals surface area contributed by atoms with Crippen molar-refractivity contribution in [3.63, 3.8) is 0 Å². The van der Waals surface area contributed by atoms with Crippen LogP contribution in [-0.2, 0) is 14.4 Å². The maximum atomic E-state index is 13.8. The second-order valence-electron chi connectivity index (χ2n) is 4.66. The van der Waals surface area contributed by atoms with E-state index in [4.69, 9.17) is 28.3 Å². The molecular weight excluding hydrogens is 357 g/mol. The fourth-order valence-corrected chi connectivity index (χ4v) is 2.09. The van der Waals surface area contributed by atoms with E-state index in [0.29, 0.717) is 0 Å². The van der Waals surface area contributed by atoms with Crippen LogP contribution in [-0.4, -0.2) is 34.9 Å². The number of amides is 2. The number of alkyl halides is 2. The number of halogens is 4. The Morgan fingerprint density at radius 1 is 1.17 bits per heavy atom. The lowest BCUT2D eigenvalue weighted by molar-refractivity contribution is -0.156. The van der Waals surface area contributed by atoms with E-state index in [-0.39, 0.29) is 15.7 Å². The molecule has 2 amide bonds. The van der Waals surface area contributed by atoms with Gasteiger partial charge in [-0.25, -0.2) is 0 Å². The molecule has 0 saturated carbocycles. The van der Waals surface area contributed by atoms with E-state index in [0.717, 1.165) is 0 Å². The summed E-state index contributed by atoms with van der Waals surface area (Å²) in [6.07, 6.45) is -0.562. The Balaban J connectivity index is 2.79. The zero-order valence-electron chi connectivity index (χ0n) is 11.7. The van der Waals surface area contributed by atoms with Crippen molar-refractivity contribution in [2.45, 2.75) is 25.3 Å². The topological polar surface area (TPSA) is 95.5 Å². The summed E-state index contributed by atoms with van der Waals surface area (Å²) in [5, 5.41) is 12.3. The summed E-state index contributed by atoms with van der Waals surface area (Å²) in [6, 6.07) is 2.61. The van der Waals surface area contributed by atoms with Gasteiger partial charge in [0.1, 0.15) is 0 Å². The first-order valence-electron chi connectivity index (χ1n) is 6.20. The Bertz CT molecular complexity index is 620. The van der Waals surface area contributed by atoms with Gasteiger partial charge in [0.2, 0.25) is 0 Å². The van der Waals surface area contributed by atoms with Gasteiger partial charge in [-0.15, -0.1) is 0 Å². The molecule has 0 saturated heterocycles. The minimum absolute atomic E-state index is 0.107. The number of benzene rings is 1. The standard InChI is InChI=1S/C13H12Cl2F2N2O4/c1-6(2-10(20)21)18-11(22)13(16,17)12(23)19-9-4-7(14)3-8(15)5-9/h3-6H,2H2,1H3,(H,18,22)(H,19,23)(H,20,21). The highest BCUT2D eigenvalue weighted by Crippen LogP contribution is 2.24. The molecule has 0 aliphatic rings. The van der Waals surface area contributed by atoms with E-state index >= 15 is 0 Å². The summed E-state index contributed by atoms with van der Waals surface area (Å²) in [5.41, 5.74) is -0.112.